The maximum atomic E-state index is 10.6. The predicted molar refractivity (Wildman–Crippen MR) is 58.0 cm³/mol. The number of primary sulfonamides is 1. The molecular formula is C8H14N4O2S. The number of hydrogen-bond donors (Lipinski definition) is 2. The average Bonchev–Trinajstić information content (AvgIpc) is 2.09. The maximum Gasteiger partial charge on any atom is 0.210 e. The van der Waals surface area contributed by atoms with Gasteiger partial charge in [0.25, 0.3) is 0 Å². The standard InChI is InChI=1S/C8H14N4O2S/c1-6-7(2)12-8(5-11-6)10-3-4-15(9,13)14/h5H,3-4H2,1-2H3,(H,10,12)(H2,9,13,14). The molecular weight excluding hydrogens is 216 g/mol. The van der Waals surface area contributed by atoms with Crippen molar-refractivity contribution in [1.82, 2.24) is 9.97 Å². The van der Waals surface area contributed by atoms with Crippen molar-refractivity contribution in [2.45, 2.75) is 13.8 Å². The Morgan fingerprint density at radius 2 is 2.07 bits per heavy atom. The fourth-order valence-corrected chi connectivity index (χ4v) is 1.33. The van der Waals surface area contributed by atoms with E-state index in [1.54, 1.807) is 6.20 Å². The second-order valence-corrected chi connectivity index (χ2v) is 4.95. The summed E-state index contributed by atoms with van der Waals surface area (Å²) in [6, 6.07) is 0. The summed E-state index contributed by atoms with van der Waals surface area (Å²) in [4.78, 5) is 8.27. The molecule has 0 aliphatic carbocycles. The van der Waals surface area contributed by atoms with Crippen molar-refractivity contribution >= 4 is 15.8 Å². The van der Waals surface area contributed by atoms with Crippen molar-refractivity contribution in [2.75, 3.05) is 17.6 Å². The minimum absolute atomic E-state index is 0.123. The predicted octanol–water partition coefficient (Wildman–Crippen LogP) is -0.206. The summed E-state index contributed by atoms with van der Waals surface area (Å²) in [5, 5.41) is 7.69. The molecule has 0 aliphatic heterocycles. The van der Waals surface area contributed by atoms with Crippen LogP contribution in [0.5, 0.6) is 0 Å². The molecule has 1 heterocycles. The number of nitrogens with zero attached hydrogens (tertiary/aromatic N) is 2. The molecule has 1 rings (SSSR count). The Labute approximate surface area is 89.0 Å². The quantitative estimate of drug-likeness (QED) is 0.746. The van der Waals surface area contributed by atoms with Gasteiger partial charge < -0.3 is 5.32 Å². The molecule has 0 atom stereocenters. The zero-order valence-electron chi connectivity index (χ0n) is 8.69. The van der Waals surface area contributed by atoms with Crippen LogP contribution in [-0.4, -0.2) is 30.7 Å². The Bertz CT molecular complexity index is 444. The van der Waals surface area contributed by atoms with E-state index in [2.05, 4.69) is 15.3 Å². The van der Waals surface area contributed by atoms with E-state index in [4.69, 9.17) is 5.14 Å². The van der Waals surface area contributed by atoms with Gasteiger partial charge >= 0.3 is 0 Å². The van der Waals surface area contributed by atoms with Crippen LogP contribution in [0.15, 0.2) is 6.20 Å². The van der Waals surface area contributed by atoms with Crippen LogP contribution < -0.4 is 10.5 Å². The van der Waals surface area contributed by atoms with Gasteiger partial charge in [0.2, 0.25) is 10.0 Å². The van der Waals surface area contributed by atoms with Gasteiger partial charge in [-0.1, -0.05) is 0 Å². The van der Waals surface area contributed by atoms with Gasteiger partial charge in [-0.15, -0.1) is 0 Å². The summed E-state index contributed by atoms with van der Waals surface area (Å²) in [5.74, 6) is 0.434. The van der Waals surface area contributed by atoms with E-state index in [9.17, 15) is 8.42 Å². The summed E-state index contributed by atoms with van der Waals surface area (Å²) in [6.07, 6.45) is 1.56. The van der Waals surface area contributed by atoms with Crippen LogP contribution in [-0.2, 0) is 10.0 Å². The van der Waals surface area contributed by atoms with Crippen molar-refractivity contribution in [1.29, 1.82) is 0 Å². The van der Waals surface area contributed by atoms with Gasteiger partial charge in [-0.2, -0.15) is 0 Å². The highest BCUT2D eigenvalue weighted by Crippen LogP contribution is 2.04. The molecule has 6 nitrogen and oxygen atoms in total. The van der Waals surface area contributed by atoms with Crippen molar-refractivity contribution in [3.05, 3.63) is 17.6 Å². The number of aromatic nitrogens is 2. The second kappa shape index (κ2) is 4.54. The lowest BCUT2D eigenvalue weighted by molar-refractivity contribution is 0.598. The van der Waals surface area contributed by atoms with Gasteiger partial charge in [0.05, 0.1) is 23.3 Å². The molecule has 0 saturated carbocycles. The Morgan fingerprint density at radius 1 is 1.40 bits per heavy atom. The zero-order valence-corrected chi connectivity index (χ0v) is 9.50. The number of rotatable bonds is 4. The van der Waals surface area contributed by atoms with Crippen molar-refractivity contribution in [3.8, 4) is 0 Å². The molecule has 0 radical (unpaired) electrons. The van der Waals surface area contributed by atoms with E-state index >= 15 is 0 Å². The molecule has 84 valence electrons. The summed E-state index contributed by atoms with van der Waals surface area (Å²) in [5.41, 5.74) is 1.67. The molecule has 0 unspecified atom stereocenters. The lowest BCUT2D eigenvalue weighted by atomic mass is 10.3. The van der Waals surface area contributed by atoms with E-state index in [1.165, 1.54) is 0 Å². The lowest BCUT2D eigenvalue weighted by Gasteiger charge is -2.05. The highest BCUT2D eigenvalue weighted by Gasteiger charge is 2.03. The van der Waals surface area contributed by atoms with Crippen LogP contribution in [0.4, 0.5) is 5.82 Å². The summed E-state index contributed by atoms with van der Waals surface area (Å²) in [6.45, 7) is 3.93. The molecule has 1 aromatic rings. The first kappa shape index (κ1) is 11.9. The van der Waals surface area contributed by atoms with Crippen molar-refractivity contribution < 1.29 is 8.42 Å². The Kier molecular flexibility index (Phi) is 3.59. The summed E-state index contributed by atoms with van der Waals surface area (Å²) >= 11 is 0. The highest BCUT2D eigenvalue weighted by atomic mass is 32.2. The average molecular weight is 230 g/mol. The molecule has 0 bridgehead atoms. The molecule has 3 N–H and O–H groups in total. The molecule has 0 saturated heterocycles. The third-order valence-corrected chi connectivity index (χ3v) is 2.66. The minimum atomic E-state index is -3.42. The number of nitrogens with one attached hydrogen (secondary N) is 1. The molecule has 1 aromatic heterocycles. The zero-order chi connectivity index (χ0) is 11.5. The van der Waals surface area contributed by atoms with Gasteiger partial charge in [-0.25, -0.2) is 18.5 Å². The van der Waals surface area contributed by atoms with Crippen molar-refractivity contribution in [3.63, 3.8) is 0 Å². The monoisotopic (exact) mass is 230 g/mol. The first-order valence-corrected chi connectivity index (χ1v) is 6.14. The van der Waals surface area contributed by atoms with E-state index in [1.807, 2.05) is 13.8 Å². The van der Waals surface area contributed by atoms with Gasteiger partial charge in [0.1, 0.15) is 5.82 Å². The molecule has 15 heavy (non-hydrogen) atoms. The topological polar surface area (TPSA) is 98.0 Å². The number of nitrogens with two attached hydrogens (primary N) is 1. The third-order valence-electron chi connectivity index (χ3n) is 1.88. The van der Waals surface area contributed by atoms with Crippen LogP contribution in [0.1, 0.15) is 11.4 Å². The summed E-state index contributed by atoms with van der Waals surface area (Å²) < 4.78 is 21.3. The smallest absolute Gasteiger partial charge is 0.210 e. The molecule has 7 heteroatoms. The number of aryl methyl sites for hydroxylation is 2. The Morgan fingerprint density at radius 3 is 2.60 bits per heavy atom. The largest absolute Gasteiger partial charge is 0.368 e. The van der Waals surface area contributed by atoms with E-state index in [0.29, 0.717) is 5.82 Å². The van der Waals surface area contributed by atoms with Gasteiger partial charge in [0.15, 0.2) is 0 Å². The minimum Gasteiger partial charge on any atom is -0.368 e. The second-order valence-electron chi connectivity index (χ2n) is 3.22. The van der Waals surface area contributed by atoms with Gasteiger partial charge in [-0.05, 0) is 13.8 Å². The molecule has 0 aromatic carbocycles. The first-order chi connectivity index (χ1) is 6.88. The summed E-state index contributed by atoms with van der Waals surface area (Å²) in [7, 11) is -3.42. The van der Waals surface area contributed by atoms with Crippen LogP contribution in [0.3, 0.4) is 0 Å². The maximum absolute atomic E-state index is 10.6. The van der Waals surface area contributed by atoms with Crippen LogP contribution in [0.25, 0.3) is 0 Å². The Balaban J connectivity index is 2.55. The van der Waals surface area contributed by atoms with Crippen molar-refractivity contribution in [2.24, 2.45) is 5.14 Å². The van der Waals surface area contributed by atoms with E-state index < -0.39 is 10.0 Å². The van der Waals surface area contributed by atoms with Crippen LogP contribution >= 0.6 is 0 Å². The molecule has 0 fully saturated rings. The highest BCUT2D eigenvalue weighted by molar-refractivity contribution is 7.89. The normalized spacial score (nSPS) is 11.4. The van der Waals surface area contributed by atoms with E-state index in [0.717, 1.165) is 11.4 Å². The first-order valence-electron chi connectivity index (χ1n) is 4.43. The lowest BCUT2D eigenvalue weighted by Crippen LogP contribution is -2.22. The van der Waals surface area contributed by atoms with Gasteiger partial charge in [0, 0.05) is 6.54 Å². The number of anilines is 1. The van der Waals surface area contributed by atoms with Gasteiger partial charge in [-0.3, -0.25) is 4.98 Å². The molecule has 0 aliphatic rings. The van der Waals surface area contributed by atoms with E-state index in [-0.39, 0.29) is 12.3 Å². The molecule has 0 amide bonds. The number of sulfonamides is 1. The molecule has 0 spiro atoms. The SMILES string of the molecule is Cc1ncc(NCCS(N)(=O)=O)nc1C. The van der Waals surface area contributed by atoms with Crippen LogP contribution in [0.2, 0.25) is 0 Å². The fourth-order valence-electron chi connectivity index (χ4n) is 0.948. The third kappa shape index (κ3) is 4.22. The van der Waals surface area contributed by atoms with Crippen LogP contribution in [0, 0.1) is 13.8 Å². The Hall–Kier alpha value is -1.21. The fraction of sp³-hybridized carbons (Fsp3) is 0.500. The number of hydrogen-bond acceptors (Lipinski definition) is 5.